The zero-order valence-electron chi connectivity index (χ0n) is 2.62. The third-order valence-electron chi connectivity index (χ3n) is 0.172. The summed E-state index contributed by atoms with van der Waals surface area (Å²) in [5.41, 5.74) is 0. The highest BCUT2D eigenvalue weighted by Gasteiger charge is 2.05. The van der Waals surface area contributed by atoms with Crippen LogP contribution in [-0.2, 0) is 4.79 Å². The molecule has 0 aromatic carbocycles. The Kier molecular flexibility index (Phi) is 2.94. The molecule has 0 N–H and O–H groups in total. The van der Waals surface area contributed by atoms with Crippen LogP contribution in [0.15, 0.2) is 0 Å². The lowest BCUT2D eigenvalue weighted by Crippen LogP contribution is -1.95. The molecule has 0 spiro atoms. The molecule has 0 aliphatic heterocycles. The molecule has 0 aromatic rings. The highest BCUT2D eigenvalue weighted by Crippen LogP contribution is 2.04. The summed E-state index contributed by atoms with van der Waals surface area (Å²) < 4.78 is 10.7. The number of hydrogen-bond acceptors (Lipinski definition) is 1. The minimum absolute atomic E-state index is 0.678. The van der Waals surface area contributed by atoms with Crippen LogP contribution in [0.25, 0.3) is 0 Å². The molecular weight excluding hydrogens is 219 g/mol. The number of carbonyl (C=O) groups is 1. The molecule has 0 saturated carbocycles. The van der Waals surface area contributed by atoms with Crippen molar-refractivity contribution in [1.82, 2.24) is 0 Å². The largest absolute Gasteiger partial charge is 0.282 e. The Balaban J connectivity index is 3.26. The molecule has 36 valence electrons. The fourth-order valence-electron chi connectivity index (χ4n) is 0. The van der Waals surface area contributed by atoms with Crippen LogP contribution in [0.5, 0.6) is 0 Å². The third-order valence-corrected chi connectivity index (χ3v) is 1.60. The smallest absolute Gasteiger partial charge is 0.242 e. The van der Waals surface area contributed by atoms with E-state index in [9.17, 15) is 9.18 Å². The summed E-state index contributed by atoms with van der Waals surface area (Å²) in [4.78, 5) is 9.64. The van der Waals surface area contributed by atoms with Crippen molar-refractivity contribution in [2.45, 2.75) is 5.08 Å². The van der Waals surface area contributed by atoms with Crippen LogP contribution in [0.2, 0.25) is 0 Å². The lowest BCUT2D eigenvalue weighted by molar-refractivity contribution is -0.111. The van der Waals surface area contributed by atoms with Gasteiger partial charge in [-0.1, -0.05) is 0 Å². The molecule has 6 heavy (non-hydrogen) atoms. The van der Waals surface area contributed by atoms with Gasteiger partial charge >= 0.3 is 0 Å². The highest BCUT2D eigenvalue weighted by molar-refractivity contribution is 9.19. The van der Waals surface area contributed by atoms with Gasteiger partial charge in [-0.2, -0.15) is 0 Å². The second kappa shape index (κ2) is 2.69. The summed E-state index contributed by atoms with van der Waals surface area (Å²) in [5.74, 6) is 0. The van der Waals surface area contributed by atoms with Gasteiger partial charge in [-0.05, 0) is 31.9 Å². The first kappa shape index (κ1) is 6.56. The summed E-state index contributed by atoms with van der Waals surface area (Å²) in [6.45, 7) is 0. The molecule has 0 amide bonds. The predicted octanol–water partition coefficient (Wildman–Crippen LogP) is 1.60. The average Bonchev–Trinajstić information content (AvgIpc) is 1.36. The Bertz CT molecular complexity index is 62.6. The quantitative estimate of drug-likeness (QED) is 0.484. The van der Waals surface area contributed by atoms with Crippen LogP contribution >= 0.6 is 31.9 Å². The van der Waals surface area contributed by atoms with E-state index in [0.717, 1.165) is 0 Å². The number of alkyl halides is 2. The minimum atomic E-state index is -1.56. The number of rotatable bonds is 1. The molecule has 1 atom stereocenters. The maximum atomic E-state index is 11.3. The Morgan fingerprint density at radius 3 is 2.00 bits per heavy atom. The van der Waals surface area contributed by atoms with Gasteiger partial charge in [0, 0.05) is 0 Å². The molecule has 0 heterocycles. The Labute approximate surface area is 51.2 Å². The molecule has 0 radical (unpaired) electrons. The fraction of sp³-hybridized carbons (Fsp3) is 0.500. The molecule has 0 bridgehead atoms. The van der Waals surface area contributed by atoms with Crippen LogP contribution in [0, 0.1) is 0 Å². The second-order valence-electron chi connectivity index (χ2n) is 0.605. The van der Waals surface area contributed by atoms with Crippen LogP contribution in [0.1, 0.15) is 0 Å². The van der Waals surface area contributed by atoms with Gasteiger partial charge in [0.1, 0.15) is 0 Å². The van der Waals surface area contributed by atoms with Gasteiger partial charge in [-0.25, -0.2) is 4.39 Å². The van der Waals surface area contributed by atoms with Crippen LogP contribution in [0.4, 0.5) is 4.39 Å². The van der Waals surface area contributed by atoms with E-state index in [0.29, 0.717) is 0 Å². The van der Waals surface area contributed by atoms with Crippen LogP contribution in [-0.4, -0.2) is 9.77 Å². The summed E-state index contributed by atoms with van der Waals surface area (Å²) in [7, 11) is 0. The third kappa shape index (κ3) is 2.78. The molecule has 0 saturated heterocycles. The van der Waals surface area contributed by atoms with E-state index in [1.54, 1.807) is 0 Å². The molecule has 0 rings (SSSR count). The van der Waals surface area contributed by atoms with E-state index in [2.05, 4.69) is 31.9 Å². The Hall–Kier alpha value is 0.560. The van der Waals surface area contributed by atoms with Gasteiger partial charge in [-0.3, -0.25) is 4.79 Å². The summed E-state index contributed by atoms with van der Waals surface area (Å²) in [5, 5.41) is -1.56. The van der Waals surface area contributed by atoms with Crippen molar-refractivity contribution in [2.75, 3.05) is 0 Å². The molecule has 0 aliphatic rings. The normalized spacial score (nSPS) is 13.8. The summed E-state index contributed by atoms with van der Waals surface area (Å²) in [6.07, 6.45) is 0. The second-order valence-corrected chi connectivity index (χ2v) is 2.19. The Morgan fingerprint density at radius 1 is 1.83 bits per heavy atom. The zero-order chi connectivity index (χ0) is 5.15. The van der Waals surface area contributed by atoms with Crippen molar-refractivity contribution in [3.05, 3.63) is 0 Å². The van der Waals surface area contributed by atoms with Crippen molar-refractivity contribution in [2.24, 2.45) is 0 Å². The number of halogens is 3. The topological polar surface area (TPSA) is 17.1 Å². The molecule has 4 heteroatoms. The van der Waals surface area contributed by atoms with Gasteiger partial charge < -0.3 is 0 Å². The molecule has 0 aromatic heterocycles. The van der Waals surface area contributed by atoms with Crippen molar-refractivity contribution in [1.29, 1.82) is 0 Å². The molecule has 0 fully saturated rings. The average molecular weight is 220 g/mol. The maximum Gasteiger partial charge on any atom is 0.242 e. The minimum Gasteiger partial charge on any atom is -0.282 e. The monoisotopic (exact) mass is 218 g/mol. The van der Waals surface area contributed by atoms with E-state index < -0.39 is 9.77 Å². The van der Waals surface area contributed by atoms with E-state index >= 15 is 0 Å². The van der Waals surface area contributed by atoms with E-state index in [-0.39, 0.29) is 0 Å². The first-order chi connectivity index (χ1) is 2.64. The van der Waals surface area contributed by atoms with Gasteiger partial charge in [0.2, 0.25) is 9.77 Å². The number of carbonyl (C=O) groups excluding carboxylic acids is 1. The van der Waals surface area contributed by atoms with Crippen molar-refractivity contribution in [3.63, 3.8) is 0 Å². The summed E-state index contributed by atoms with van der Waals surface area (Å²) >= 11 is 4.75. The van der Waals surface area contributed by atoms with Crippen LogP contribution in [0.3, 0.4) is 0 Å². The van der Waals surface area contributed by atoms with Crippen LogP contribution < -0.4 is 0 Å². The van der Waals surface area contributed by atoms with Gasteiger partial charge in [-0.15, -0.1) is 0 Å². The standard InChI is InChI=1S/C2HBr2FO/c3-1(5)2(4)6/h1H. The number of hydrogen-bond donors (Lipinski definition) is 0. The van der Waals surface area contributed by atoms with Crippen molar-refractivity contribution in [3.8, 4) is 0 Å². The van der Waals surface area contributed by atoms with Gasteiger partial charge in [0.15, 0.2) is 0 Å². The van der Waals surface area contributed by atoms with E-state index in [1.807, 2.05) is 0 Å². The van der Waals surface area contributed by atoms with Crippen molar-refractivity contribution < 1.29 is 9.18 Å². The van der Waals surface area contributed by atoms with E-state index in [1.165, 1.54) is 0 Å². The summed E-state index contributed by atoms with van der Waals surface area (Å²) in [6, 6.07) is 0. The molecular formula is C2HBr2FO. The molecule has 0 aliphatic carbocycles. The van der Waals surface area contributed by atoms with Gasteiger partial charge in [0.25, 0.3) is 0 Å². The highest BCUT2D eigenvalue weighted by atomic mass is 79.9. The fourth-order valence-corrected chi connectivity index (χ4v) is 0. The lowest BCUT2D eigenvalue weighted by Gasteiger charge is -1.82. The van der Waals surface area contributed by atoms with Gasteiger partial charge in [0.05, 0.1) is 0 Å². The molecule has 1 unspecified atom stereocenters. The maximum absolute atomic E-state index is 11.3. The SMILES string of the molecule is O=C(Br)C(F)Br. The molecule has 1 nitrogen and oxygen atoms in total. The zero-order valence-corrected chi connectivity index (χ0v) is 5.79. The predicted molar refractivity (Wildman–Crippen MR) is 27.8 cm³/mol. The first-order valence-corrected chi connectivity index (χ1v) is 2.83. The Morgan fingerprint density at radius 2 is 2.00 bits per heavy atom. The first-order valence-electron chi connectivity index (χ1n) is 1.12. The van der Waals surface area contributed by atoms with Crippen molar-refractivity contribution >= 4 is 36.6 Å². The lowest BCUT2D eigenvalue weighted by atomic mass is 10.9. The van der Waals surface area contributed by atoms with E-state index in [4.69, 9.17) is 0 Å².